The van der Waals surface area contributed by atoms with Crippen LogP contribution in [0.5, 0.6) is 11.5 Å². The van der Waals surface area contributed by atoms with Gasteiger partial charge in [-0.05, 0) is 39.3 Å². The van der Waals surface area contributed by atoms with Gasteiger partial charge in [-0.1, -0.05) is 0 Å². The third kappa shape index (κ3) is 3.57. The number of nitrogens with zero attached hydrogens (tertiary/aromatic N) is 1. The molecule has 1 saturated heterocycles. The smallest absolute Gasteiger partial charge is 0.163 e. The summed E-state index contributed by atoms with van der Waals surface area (Å²) in [4.78, 5) is 2.50. The fourth-order valence-corrected chi connectivity index (χ4v) is 2.64. The lowest BCUT2D eigenvalue weighted by Gasteiger charge is -2.21. The van der Waals surface area contributed by atoms with Crippen molar-refractivity contribution < 1.29 is 9.47 Å². The molecular weight excluding hydrogens is 252 g/mol. The third-order valence-corrected chi connectivity index (χ3v) is 3.78. The van der Waals surface area contributed by atoms with Gasteiger partial charge < -0.3 is 14.8 Å². The van der Waals surface area contributed by atoms with Crippen LogP contribution in [0, 0.1) is 0 Å². The van der Waals surface area contributed by atoms with Crippen LogP contribution >= 0.6 is 0 Å². The Bertz CT molecular complexity index is 434. The first-order valence-electron chi connectivity index (χ1n) is 7.45. The summed E-state index contributed by atoms with van der Waals surface area (Å²) in [5.74, 6) is 1.59. The molecule has 1 unspecified atom stereocenters. The first-order valence-corrected chi connectivity index (χ1v) is 7.45. The van der Waals surface area contributed by atoms with Crippen LogP contribution in [0.15, 0.2) is 18.2 Å². The van der Waals surface area contributed by atoms with E-state index in [9.17, 15) is 0 Å². The molecule has 20 heavy (non-hydrogen) atoms. The lowest BCUT2D eigenvalue weighted by atomic mass is 10.2. The Morgan fingerprint density at radius 3 is 2.75 bits per heavy atom. The topological polar surface area (TPSA) is 33.7 Å². The van der Waals surface area contributed by atoms with Gasteiger partial charge in [-0.15, -0.1) is 0 Å². The van der Waals surface area contributed by atoms with E-state index in [1.54, 1.807) is 7.11 Å². The molecule has 1 N–H and O–H groups in total. The predicted octanol–water partition coefficient (Wildman–Crippen LogP) is 2.99. The molecule has 1 heterocycles. The van der Waals surface area contributed by atoms with E-state index in [4.69, 9.17) is 9.47 Å². The minimum Gasteiger partial charge on any atom is -0.493 e. The summed E-state index contributed by atoms with van der Waals surface area (Å²) in [5.41, 5.74) is 1.10. The zero-order valence-corrected chi connectivity index (χ0v) is 13.0. The summed E-state index contributed by atoms with van der Waals surface area (Å²) in [7, 11) is 1.67. The molecule has 1 fully saturated rings. The molecule has 1 atom stereocenters. The second kappa shape index (κ2) is 6.84. The van der Waals surface area contributed by atoms with Crippen LogP contribution in [-0.2, 0) is 0 Å². The monoisotopic (exact) mass is 278 g/mol. The molecule has 0 spiro atoms. The van der Waals surface area contributed by atoms with Crippen molar-refractivity contribution in [1.82, 2.24) is 4.90 Å². The van der Waals surface area contributed by atoms with Crippen molar-refractivity contribution in [3.63, 3.8) is 0 Å². The molecule has 4 heteroatoms. The summed E-state index contributed by atoms with van der Waals surface area (Å²) in [6.07, 6.45) is 1.19. The van der Waals surface area contributed by atoms with Gasteiger partial charge in [0.25, 0.3) is 0 Å². The highest BCUT2D eigenvalue weighted by Crippen LogP contribution is 2.31. The van der Waals surface area contributed by atoms with E-state index in [0.29, 0.717) is 18.7 Å². The van der Waals surface area contributed by atoms with Gasteiger partial charge in [-0.2, -0.15) is 0 Å². The van der Waals surface area contributed by atoms with E-state index in [1.807, 2.05) is 19.1 Å². The van der Waals surface area contributed by atoms with Gasteiger partial charge in [0.2, 0.25) is 0 Å². The van der Waals surface area contributed by atoms with Crippen molar-refractivity contribution in [3.8, 4) is 11.5 Å². The Morgan fingerprint density at radius 1 is 1.35 bits per heavy atom. The molecule has 1 aliphatic heterocycles. The number of likely N-dealkylation sites (tertiary alicyclic amines) is 1. The summed E-state index contributed by atoms with van der Waals surface area (Å²) in [5, 5.41) is 3.60. The Kier molecular flexibility index (Phi) is 5.12. The van der Waals surface area contributed by atoms with Crippen LogP contribution in [0.3, 0.4) is 0 Å². The fraction of sp³-hybridized carbons (Fsp3) is 0.625. The number of nitrogens with one attached hydrogen (secondary N) is 1. The normalized spacial score (nSPS) is 19.4. The van der Waals surface area contributed by atoms with Crippen molar-refractivity contribution in [2.75, 3.05) is 32.1 Å². The predicted molar refractivity (Wildman–Crippen MR) is 82.9 cm³/mol. The highest BCUT2D eigenvalue weighted by molar-refractivity contribution is 5.55. The average Bonchev–Trinajstić information content (AvgIpc) is 2.88. The van der Waals surface area contributed by atoms with Crippen molar-refractivity contribution in [3.05, 3.63) is 18.2 Å². The largest absolute Gasteiger partial charge is 0.493 e. The van der Waals surface area contributed by atoms with Crippen LogP contribution in [-0.4, -0.2) is 43.8 Å². The molecule has 1 aliphatic rings. The number of rotatable bonds is 6. The molecule has 0 radical (unpaired) electrons. The van der Waals surface area contributed by atoms with E-state index in [1.165, 1.54) is 13.0 Å². The zero-order chi connectivity index (χ0) is 14.5. The molecule has 1 aromatic rings. The van der Waals surface area contributed by atoms with Gasteiger partial charge in [-0.3, -0.25) is 4.90 Å². The molecule has 2 rings (SSSR count). The highest BCUT2D eigenvalue weighted by atomic mass is 16.5. The third-order valence-electron chi connectivity index (χ3n) is 3.78. The maximum Gasteiger partial charge on any atom is 0.163 e. The lowest BCUT2D eigenvalue weighted by molar-refractivity contribution is 0.274. The number of ether oxygens (including phenoxy) is 2. The molecule has 0 aliphatic carbocycles. The maximum atomic E-state index is 5.62. The SMILES string of the molecule is CCOc1cc(NC2CCN(C(C)C)C2)ccc1OC. The second-order valence-electron chi connectivity index (χ2n) is 5.52. The number of hydrogen-bond acceptors (Lipinski definition) is 4. The Hall–Kier alpha value is -1.42. The quantitative estimate of drug-likeness (QED) is 0.867. The Morgan fingerprint density at radius 2 is 2.15 bits per heavy atom. The van der Waals surface area contributed by atoms with Crippen molar-refractivity contribution >= 4 is 5.69 Å². The Labute approximate surface area is 122 Å². The van der Waals surface area contributed by atoms with E-state index >= 15 is 0 Å². The van der Waals surface area contributed by atoms with E-state index in [2.05, 4.69) is 30.1 Å². The molecule has 112 valence electrons. The first-order chi connectivity index (χ1) is 9.63. The van der Waals surface area contributed by atoms with Crippen LogP contribution in [0.4, 0.5) is 5.69 Å². The van der Waals surface area contributed by atoms with Gasteiger partial charge in [0.05, 0.1) is 13.7 Å². The van der Waals surface area contributed by atoms with Gasteiger partial charge in [0.15, 0.2) is 11.5 Å². The molecule has 0 amide bonds. The minimum atomic E-state index is 0.514. The fourth-order valence-electron chi connectivity index (χ4n) is 2.64. The molecule has 4 nitrogen and oxygen atoms in total. The summed E-state index contributed by atoms with van der Waals surface area (Å²) in [6.45, 7) is 9.41. The lowest BCUT2D eigenvalue weighted by Crippen LogP contribution is -2.31. The molecule has 1 aromatic carbocycles. The van der Waals surface area contributed by atoms with Gasteiger partial charge in [-0.25, -0.2) is 0 Å². The number of methoxy groups -OCH3 is 1. The molecule has 0 aromatic heterocycles. The van der Waals surface area contributed by atoms with Crippen molar-refractivity contribution in [2.24, 2.45) is 0 Å². The van der Waals surface area contributed by atoms with Crippen LogP contribution in [0.2, 0.25) is 0 Å². The molecular formula is C16H26N2O2. The van der Waals surface area contributed by atoms with Crippen molar-refractivity contribution in [2.45, 2.75) is 39.3 Å². The summed E-state index contributed by atoms with van der Waals surface area (Å²) >= 11 is 0. The van der Waals surface area contributed by atoms with E-state index in [0.717, 1.165) is 23.7 Å². The van der Waals surface area contributed by atoms with Crippen molar-refractivity contribution in [1.29, 1.82) is 0 Å². The molecule has 0 bridgehead atoms. The maximum absolute atomic E-state index is 5.62. The van der Waals surface area contributed by atoms with E-state index in [-0.39, 0.29) is 0 Å². The van der Waals surface area contributed by atoms with Crippen LogP contribution < -0.4 is 14.8 Å². The number of benzene rings is 1. The van der Waals surface area contributed by atoms with Gasteiger partial charge in [0, 0.05) is 36.9 Å². The zero-order valence-electron chi connectivity index (χ0n) is 13.0. The summed E-state index contributed by atoms with van der Waals surface area (Å²) < 4.78 is 10.9. The number of hydrogen-bond donors (Lipinski definition) is 1. The first kappa shape index (κ1) is 15.0. The Balaban J connectivity index is 2.01. The highest BCUT2D eigenvalue weighted by Gasteiger charge is 2.24. The summed E-state index contributed by atoms with van der Waals surface area (Å²) in [6, 6.07) is 7.18. The van der Waals surface area contributed by atoms with Crippen LogP contribution in [0.25, 0.3) is 0 Å². The minimum absolute atomic E-state index is 0.514. The van der Waals surface area contributed by atoms with Gasteiger partial charge in [0.1, 0.15) is 0 Å². The molecule has 0 saturated carbocycles. The second-order valence-corrected chi connectivity index (χ2v) is 5.52. The average molecular weight is 278 g/mol. The van der Waals surface area contributed by atoms with Crippen LogP contribution in [0.1, 0.15) is 27.2 Å². The number of anilines is 1. The van der Waals surface area contributed by atoms with Gasteiger partial charge >= 0.3 is 0 Å². The van der Waals surface area contributed by atoms with E-state index < -0.39 is 0 Å². The standard InChI is InChI=1S/C16H26N2O2/c1-5-20-16-10-13(6-7-15(16)19-4)17-14-8-9-18(11-14)12(2)3/h6-7,10,12,14,17H,5,8-9,11H2,1-4H3.